The van der Waals surface area contributed by atoms with E-state index < -0.39 is 11.6 Å². The number of ketones is 1. The lowest BCUT2D eigenvalue weighted by molar-refractivity contribution is 0.0937. The Kier molecular flexibility index (Phi) is 4.27. The van der Waals surface area contributed by atoms with Crippen LogP contribution in [0.4, 0.5) is 8.78 Å². The largest absolute Gasteiger partial charge is 0.305 e. The average molecular weight is 268 g/mol. The van der Waals surface area contributed by atoms with Crippen molar-refractivity contribution in [3.8, 4) is 0 Å². The third kappa shape index (κ3) is 3.36. The zero-order chi connectivity index (χ0) is 14.0. The molecular formula is C14H18F2N2O. The van der Waals surface area contributed by atoms with Gasteiger partial charge in [0.05, 0.1) is 12.1 Å². The van der Waals surface area contributed by atoms with Gasteiger partial charge >= 0.3 is 0 Å². The van der Waals surface area contributed by atoms with Crippen molar-refractivity contribution in [1.29, 1.82) is 0 Å². The molecule has 0 aliphatic carbocycles. The van der Waals surface area contributed by atoms with Crippen molar-refractivity contribution < 1.29 is 13.6 Å². The van der Waals surface area contributed by atoms with E-state index in [1.165, 1.54) is 0 Å². The van der Waals surface area contributed by atoms with Gasteiger partial charge in [0.25, 0.3) is 0 Å². The van der Waals surface area contributed by atoms with E-state index in [0.29, 0.717) is 6.04 Å². The topological polar surface area (TPSA) is 23.6 Å². The normalized spacial score (nSPS) is 20.2. The van der Waals surface area contributed by atoms with Gasteiger partial charge in [-0.3, -0.25) is 9.69 Å². The number of hydrogen-bond donors (Lipinski definition) is 0. The smallest absolute Gasteiger partial charge is 0.179 e. The Bertz CT molecular complexity index is 477. The van der Waals surface area contributed by atoms with Crippen molar-refractivity contribution in [1.82, 2.24) is 9.80 Å². The molecular weight excluding hydrogens is 250 g/mol. The Morgan fingerprint density at radius 1 is 1.42 bits per heavy atom. The zero-order valence-electron chi connectivity index (χ0n) is 11.2. The van der Waals surface area contributed by atoms with E-state index in [9.17, 15) is 13.6 Å². The number of carbonyl (C=O) groups is 1. The molecule has 1 aliphatic heterocycles. The van der Waals surface area contributed by atoms with E-state index in [1.54, 1.807) is 0 Å². The second-order valence-corrected chi connectivity index (χ2v) is 5.19. The SMILES string of the molecule is CN(C)C1CCN(CC(=O)c2cc(F)ccc2F)C1. The molecule has 1 aromatic carbocycles. The predicted octanol–water partition coefficient (Wildman–Crippen LogP) is 1.78. The molecule has 0 N–H and O–H groups in total. The number of halogens is 2. The van der Waals surface area contributed by atoms with Crippen LogP contribution in [-0.2, 0) is 0 Å². The number of likely N-dealkylation sites (tertiary alicyclic amines) is 1. The van der Waals surface area contributed by atoms with Crippen LogP contribution < -0.4 is 0 Å². The first-order chi connectivity index (χ1) is 8.97. The lowest BCUT2D eigenvalue weighted by Crippen LogP contribution is -2.34. The van der Waals surface area contributed by atoms with Crippen molar-refractivity contribution in [2.24, 2.45) is 0 Å². The number of hydrogen-bond acceptors (Lipinski definition) is 3. The lowest BCUT2D eigenvalue weighted by atomic mass is 10.1. The molecule has 2 rings (SSSR count). The third-order valence-electron chi connectivity index (χ3n) is 3.57. The summed E-state index contributed by atoms with van der Waals surface area (Å²) in [5, 5.41) is 0. The monoisotopic (exact) mass is 268 g/mol. The van der Waals surface area contributed by atoms with Gasteiger partial charge < -0.3 is 4.90 Å². The number of Topliss-reactive ketones (excluding diaryl/α,β-unsaturated/α-hetero) is 1. The van der Waals surface area contributed by atoms with E-state index in [4.69, 9.17) is 0 Å². The molecule has 1 heterocycles. The van der Waals surface area contributed by atoms with Crippen molar-refractivity contribution in [2.75, 3.05) is 33.7 Å². The molecule has 0 saturated carbocycles. The third-order valence-corrected chi connectivity index (χ3v) is 3.57. The van der Waals surface area contributed by atoms with Crippen LogP contribution in [0, 0.1) is 11.6 Å². The van der Waals surface area contributed by atoms with Crippen LogP contribution in [0.5, 0.6) is 0 Å². The van der Waals surface area contributed by atoms with Gasteiger partial charge in [0, 0.05) is 19.1 Å². The first kappa shape index (κ1) is 14.1. The molecule has 1 saturated heterocycles. The fourth-order valence-electron chi connectivity index (χ4n) is 2.38. The number of likely N-dealkylation sites (N-methyl/N-ethyl adjacent to an activating group) is 1. The molecule has 1 aromatic rings. The number of benzene rings is 1. The number of nitrogens with zero attached hydrogens (tertiary/aromatic N) is 2. The minimum absolute atomic E-state index is 0.144. The maximum Gasteiger partial charge on any atom is 0.179 e. The summed E-state index contributed by atoms with van der Waals surface area (Å²) >= 11 is 0. The van der Waals surface area contributed by atoms with Crippen LogP contribution in [-0.4, -0.2) is 55.4 Å². The van der Waals surface area contributed by atoms with Crippen molar-refractivity contribution >= 4 is 5.78 Å². The minimum Gasteiger partial charge on any atom is -0.305 e. The first-order valence-corrected chi connectivity index (χ1v) is 6.34. The maximum atomic E-state index is 13.5. The molecule has 0 bridgehead atoms. The van der Waals surface area contributed by atoms with Gasteiger partial charge in [-0.25, -0.2) is 8.78 Å². The van der Waals surface area contributed by atoms with E-state index in [1.807, 2.05) is 19.0 Å². The molecule has 104 valence electrons. The summed E-state index contributed by atoms with van der Waals surface area (Å²) in [5.41, 5.74) is -0.159. The summed E-state index contributed by atoms with van der Waals surface area (Å²) < 4.78 is 26.5. The van der Waals surface area contributed by atoms with Gasteiger partial charge in [0.2, 0.25) is 0 Å². The molecule has 1 fully saturated rings. The minimum atomic E-state index is -0.658. The fraction of sp³-hybridized carbons (Fsp3) is 0.500. The molecule has 3 nitrogen and oxygen atoms in total. The summed E-state index contributed by atoms with van der Waals surface area (Å²) in [6.07, 6.45) is 0.992. The van der Waals surface area contributed by atoms with Crippen LogP contribution in [0.25, 0.3) is 0 Å². The highest BCUT2D eigenvalue weighted by Crippen LogP contribution is 2.15. The second kappa shape index (κ2) is 5.75. The molecule has 0 amide bonds. The van der Waals surface area contributed by atoms with Crippen LogP contribution in [0.1, 0.15) is 16.8 Å². The second-order valence-electron chi connectivity index (χ2n) is 5.19. The van der Waals surface area contributed by atoms with Crippen LogP contribution in [0.15, 0.2) is 18.2 Å². The van der Waals surface area contributed by atoms with Crippen LogP contribution in [0.3, 0.4) is 0 Å². The van der Waals surface area contributed by atoms with Crippen molar-refractivity contribution in [3.05, 3.63) is 35.4 Å². The zero-order valence-corrected chi connectivity index (χ0v) is 11.2. The Morgan fingerprint density at radius 3 is 2.79 bits per heavy atom. The van der Waals surface area contributed by atoms with Crippen LogP contribution in [0.2, 0.25) is 0 Å². The number of carbonyl (C=O) groups excluding carboxylic acids is 1. The molecule has 0 aromatic heterocycles. The Labute approximate surface area is 111 Å². The van der Waals surface area contributed by atoms with Gasteiger partial charge in [-0.2, -0.15) is 0 Å². The Balaban J connectivity index is 2.00. The van der Waals surface area contributed by atoms with E-state index >= 15 is 0 Å². The van der Waals surface area contributed by atoms with Gasteiger partial charge in [-0.1, -0.05) is 0 Å². The molecule has 5 heteroatoms. The standard InChI is InChI=1S/C14H18F2N2O/c1-17(2)11-5-6-18(8-11)9-14(19)12-7-10(15)3-4-13(12)16/h3-4,7,11H,5-6,8-9H2,1-2H3. The summed E-state index contributed by atoms with van der Waals surface area (Å²) in [6, 6.07) is 3.40. The van der Waals surface area contributed by atoms with Crippen LogP contribution >= 0.6 is 0 Å². The van der Waals surface area contributed by atoms with Crippen molar-refractivity contribution in [2.45, 2.75) is 12.5 Å². The molecule has 19 heavy (non-hydrogen) atoms. The molecule has 0 spiro atoms. The summed E-state index contributed by atoms with van der Waals surface area (Å²) in [7, 11) is 4.00. The lowest BCUT2D eigenvalue weighted by Gasteiger charge is -2.19. The van der Waals surface area contributed by atoms with Gasteiger partial charge in [0.15, 0.2) is 5.78 Å². The van der Waals surface area contributed by atoms with Gasteiger partial charge in [-0.15, -0.1) is 0 Å². The number of rotatable bonds is 4. The van der Waals surface area contributed by atoms with E-state index in [0.717, 1.165) is 37.7 Å². The first-order valence-electron chi connectivity index (χ1n) is 6.34. The Hall–Kier alpha value is -1.33. The van der Waals surface area contributed by atoms with Crippen molar-refractivity contribution in [3.63, 3.8) is 0 Å². The predicted molar refractivity (Wildman–Crippen MR) is 69.2 cm³/mol. The van der Waals surface area contributed by atoms with E-state index in [-0.39, 0.29) is 17.9 Å². The quantitative estimate of drug-likeness (QED) is 0.778. The van der Waals surface area contributed by atoms with Gasteiger partial charge in [-0.05, 0) is 38.7 Å². The summed E-state index contributed by atoms with van der Waals surface area (Å²) in [4.78, 5) is 16.1. The average Bonchev–Trinajstić information content (AvgIpc) is 2.80. The summed E-state index contributed by atoms with van der Waals surface area (Å²) in [5.74, 6) is -1.61. The highest BCUT2D eigenvalue weighted by molar-refractivity contribution is 5.97. The molecule has 0 radical (unpaired) electrons. The molecule has 1 unspecified atom stereocenters. The highest BCUT2D eigenvalue weighted by Gasteiger charge is 2.26. The highest BCUT2D eigenvalue weighted by atomic mass is 19.1. The fourth-order valence-corrected chi connectivity index (χ4v) is 2.38. The maximum absolute atomic E-state index is 13.5. The molecule has 1 aliphatic rings. The van der Waals surface area contributed by atoms with E-state index in [2.05, 4.69) is 4.90 Å². The van der Waals surface area contributed by atoms with Gasteiger partial charge in [0.1, 0.15) is 11.6 Å². The Morgan fingerprint density at radius 2 is 2.16 bits per heavy atom. The summed E-state index contributed by atoms with van der Waals surface area (Å²) in [6.45, 7) is 1.74. The molecule has 1 atom stereocenters.